The summed E-state index contributed by atoms with van der Waals surface area (Å²) in [4.78, 5) is 12.4. The van der Waals surface area contributed by atoms with Crippen LogP contribution in [0.1, 0.15) is 33.5 Å². The summed E-state index contributed by atoms with van der Waals surface area (Å²) in [6.45, 7) is 0. The van der Waals surface area contributed by atoms with E-state index >= 15 is 0 Å². The molecule has 4 rings (SSSR count). The zero-order valence-corrected chi connectivity index (χ0v) is 19.7. The molecule has 0 aromatic heterocycles. The number of benzene rings is 3. The summed E-state index contributed by atoms with van der Waals surface area (Å²) in [6.07, 6.45) is -1.73. The van der Waals surface area contributed by atoms with Crippen LogP contribution >= 0.6 is 23.2 Å². The molecule has 34 heavy (non-hydrogen) atoms. The van der Waals surface area contributed by atoms with Gasteiger partial charge in [-0.3, -0.25) is 9.52 Å². The summed E-state index contributed by atoms with van der Waals surface area (Å²) in [5.41, 5.74) is 1.39. The number of alkyl halides is 3. The Labute approximate surface area is 203 Å². The predicted molar refractivity (Wildman–Crippen MR) is 125 cm³/mol. The highest BCUT2D eigenvalue weighted by Crippen LogP contribution is 2.33. The number of halogens is 5. The second-order valence-corrected chi connectivity index (χ2v) is 10.2. The molecule has 1 aliphatic carbocycles. The van der Waals surface area contributed by atoms with E-state index in [2.05, 4.69) is 10.0 Å². The molecule has 1 aliphatic rings. The fourth-order valence-electron chi connectivity index (χ4n) is 3.73. The first-order valence-electron chi connectivity index (χ1n) is 10.1. The molecule has 0 spiro atoms. The molecule has 0 fully saturated rings. The number of carbonyl (C=O) groups excluding carboxylic acids is 1. The number of amides is 1. The van der Waals surface area contributed by atoms with E-state index in [1.165, 1.54) is 5.56 Å². The van der Waals surface area contributed by atoms with Crippen molar-refractivity contribution in [1.82, 2.24) is 0 Å². The van der Waals surface area contributed by atoms with Crippen LogP contribution in [0.2, 0.25) is 10.0 Å². The Morgan fingerprint density at radius 2 is 1.62 bits per heavy atom. The van der Waals surface area contributed by atoms with Crippen LogP contribution in [0.15, 0.2) is 59.5 Å². The van der Waals surface area contributed by atoms with E-state index in [1.54, 1.807) is 6.07 Å². The van der Waals surface area contributed by atoms with Crippen molar-refractivity contribution in [3.8, 4) is 0 Å². The number of hydrogen-bond acceptors (Lipinski definition) is 3. The predicted octanol–water partition coefficient (Wildman–Crippen LogP) is 6.55. The number of carbonyl (C=O) groups is 1. The molecule has 5 nitrogen and oxygen atoms in total. The molecule has 0 heterocycles. The molecule has 0 radical (unpaired) electrons. The molecule has 0 aliphatic heterocycles. The number of fused-ring (bicyclic) bond motifs is 1. The Morgan fingerprint density at radius 3 is 2.35 bits per heavy atom. The third-order valence-corrected chi connectivity index (χ3v) is 7.51. The highest BCUT2D eigenvalue weighted by molar-refractivity contribution is 7.92. The lowest BCUT2D eigenvalue weighted by Crippen LogP contribution is -2.17. The van der Waals surface area contributed by atoms with Gasteiger partial charge in [0, 0.05) is 11.4 Å². The van der Waals surface area contributed by atoms with Gasteiger partial charge in [0.15, 0.2) is 0 Å². The molecule has 0 unspecified atom stereocenters. The first-order chi connectivity index (χ1) is 15.9. The molecule has 1 amide bonds. The summed E-state index contributed by atoms with van der Waals surface area (Å²) >= 11 is 12.2. The molecular weight excluding hydrogens is 512 g/mol. The Bertz CT molecular complexity index is 1390. The van der Waals surface area contributed by atoms with Crippen molar-refractivity contribution in [3.05, 3.63) is 86.9 Å². The van der Waals surface area contributed by atoms with Gasteiger partial charge in [0.25, 0.3) is 15.9 Å². The maximum atomic E-state index is 13.0. The van der Waals surface area contributed by atoms with Crippen LogP contribution < -0.4 is 10.0 Å². The van der Waals surface area contributed by atoms with E-state index in [0.717, 1.165) is 55.2 Å². The fourth-order valence-corrected chi connectivity index (χ4v) is 5.64. The highest BCUT2D eigenvalue weighted by atomic mass is 35.5. The minimum absolute atomic E-state index is 0.0818. The fraction of sp³-hybridized carbons (Fsp3) is 0.174. The average molecular weight is 529 g/mol. The molecular formula is C23H17Cl2F3N2O3S. The largest absolute Gasteiger partial charge is 0.416 e. The summed E-state index contributed by atoms with van der Waals surface area (Å²) < 4.78 is 66.8. The van der Waals surface area contributed by atoms with Gasteiger partial charge in [-0.15, -0.1) is 0 Å². The number of rotatable bonds is 5. The van der Waals surface area contributed by atoms with Crippen LogP contribution in [0.3, 0.4) is 0 Å². The third kappa shape index (κ3) is 5.16. The zero-order chi connectivity index (χ0) is 24.7. The van der Waals surface area contributed by atoms with Gasteiger partial charge in [-0.1, -0.05) is 35.3 Å². The molecule has 3 aromatic carbocycles. The maximum absolute atomic E-state index is 13.0. The van der Waals surface area contributed by atoms with Crippen LogP contribution in [-0.4, -0.2) is 14.3 Å². The number of nitrogens with one attached hydrogen (secondary N) is 2. The zero-order valence-electron chi connectivity index (χ0n) is 17.3. The van der Waals surface area contributed by atoms with Gasteiger partial charge in [-0.2, -0.15) is 13.2 Å². The molecule has 0 bridgehead atoms. The van der Waals surface area contributed by atoms with Gasteiger partial charge >= 0.3 is 6.18 Å². The molecule has 11 heteroatoms. The van der Waals surface area contributed by atoms with Crippen LogP contribution in [0, 0.1) is 0 Å². The van der Waals surface area contributed by atoms with Crippen molar-refractivity contribution in [1.29, 1.82) is 0 Å². The number of hydrogen-bond donors (Lipinski definition) is 2. The first-order valence-corrected chi connectivity index (χ1v) is 12.3. The SMILES string of the molecule is O=C(Nc1ccc2c(c1)CCC2)c1cc(S(=O)(=O)Nc2cccc(C(F)(F)F)c2)c(Cl)cc1Cl. The van der Waals surface area contributed by atoms with E-state index < -0.39 is 32.6 Å². The van der Waals surface area contributed by atoms with E-state index in [9.17, 15) is 26.4 Å². The Hall–Kier alpha value is -2.75. The third-order valence-electron chi connectivity index (χ3n) is 5.35. The van der Waals surface area contributed by atoms with E-state index in [0.29, 0.717) is 11.8 Å². The lowest BCUT2D eigenvalue weighted by molar-refractivity contribution is -0.137. The second-order valence-electron chi connectivity index (χ2n) is 7.74. The van der Waals surface area contributed by atoms with Gasteiger partial charge in [-0.05, 0) is 72.9 Å². The standard InChI is InChI=1S/C23H17Cl2F3N2O3S/c24-19-12-20(25)21(34(32,33)30-17-6-2-5-15(10-17)23(26,27)28)11-18(19)22(31)29-16-8-7-13-3-1-4-14(13)9-16/h2,5-12,30H,1,3-4H2,(H,29,31). The quantitative estimate of drug-likeness (QED) is 0.394. The van der Waals surface area contributed by atoms with Crippen LogP contribution in [0.4, 0.5) is 24.5 Å². The van der Waals surface area contributed by atoms with E-state index in [1.807, 2.05) is 12.1 Å². The van der Waals surface area contributed by atoms with Gasteiger partial charge in [0.05, 0.1) is 21.2 Å². The van der Waals surface area contributed by atoms with Gasteiger partial charge in [0.2, 0.25) is 0 Å². The summed E-state index contributed by atoms with van der Waals surface area (Å²) in [7, 11) is -4.45. The number of sulfonamides is 1. The van der Waals surface area contributed by atoms with Crippen molar-refractivity contribution in [2.45, 2.75) is 30.3 Å². The molecule has 3 aromatic rings. The maximum Gasteiger partial charge on any atom is 0.416 e. The Balaban J connectivity index is 1.62. The lowest BCUT2D eigenvalue weighted by Gasteiger charge is -2.14. The van der Waals surface area contributed by atoms with Gasteiger partial charge < -0.3 is 5.32 Å². The van der Waals surface area contributed by atoms with Crippen molar-refractivity contribution in [2.24, 2.45) is 0 Å². The lowest BCUT2D eigenvalue weighted by atomic mass is 10.1. The first kappa shape index (κ1) is 24.4. The molecule has 2 N–H and O–H groups in total. The van der Waals surface area contributed by atoms with Gasteiger partial charge in [-0.25, -0.2) is 8.42 Å². The smallest absolute Gasteiger partial charge is 0.322 e. The monoisotopic (exact) mass is 528 g/mol. The normalized spacial score (nSPS) is 13.4. The molecule has 0 saturated heterocycles. The number of aryl methyl sites for hydroxylation is 2. The van der Waals surface area contributed by atoms with Crippen molar-refractivity contribution >= 4 is 50.5 Å². The van der Waals surface area contributed by atoms with E-state index in [-0.39, 0.29) is 21.3 Å². The minimum atomic E-state index is -4.65. The van der Waals surface area contributed by atoms with Crippen LogP contribution in [-0.2, 0) is 29.0 Å². The second kappa shape index (κ2) is 9.13. The van der Waals surface area contributed by atoms with Gasteiger partial charge in [0.1, 0.15) is 4.90 Å². The Morgan fingerprint density at radius 1 is 0.882 bits per heavy atom. The average Bonchev–Trinajstić information content (AvgIpc) is 3.20. The van der Waals surface area contributed by atoms with Crippen molar-refractivity contribution in [2.75, 3.05) is 10.0 Å². The van der Waals surface area contributed by atoms with Crippen LogP contribution in [0.5, 0.6) is 0 Å². The molecule has 0 atom stereocenters. The molecule has 178 valence electrons. The minimum Gasteiger partial charge on any atom is -0.322 e. The Kier molecular flexibility index (Phi) is 6.54. The van der Waals surface area contributed by atoms with Crippen LogP contribution in [0.25, 0.3) is 0 Å². The summed E-state index contributed by atoms with van der Waals surface area (Å²) in [5.74, 6) is -0.657. The highest BCUT2D eigenvalue weighted by Gasteiger charge is 2.31. The topological polar surface area (TPSA) is 75.3 Å². The summed E-state index contributed by atoms with van der Waals surface area (Å²) in [5, 5.41) is 2.32. The molecule has 0 saturated carbocycles. The summed E-state index contributed by atoms with van der Waals surface area (Å²) in [6, 6.07) is 11.3. The van der Waals surface area contributed by atoms with Crippen molar-refractivity contribution < 1.29 is 26.4 Å². The van der Waals surface area contributed by atoms with E-state index in [4.69, 9.17) is 23.2 Å². The van der Waals surface area contributed by atoms with Crippen molar-refractivity contribution in [3.63, 3.8) is 0 Å². The number of anilines is 2.